The van der Waals surface area contributed by atoms with Crippen LogP contribution in [0.2, 0.25) is 0 Å². The molecule has 1 aliphatic rings. The Kier molecular flexibility index (Phi) is 8.89. The standard InChI is InChI=1S/C28H38N6O4/c1-19-13-22(15-21-17-33(18-23(21)31-32-29)25(35)37-27(2,3)4)30-24(14-19)34(26(36)38-28(5,6)7)16-20-11-9-8-10-12-20/h8-14,21,23H,15-18H2,1-7H3/t21-,23+/m1/s1. The van der Waals surface area contributed by atoms with Gasteiger partial charge in [-0.2, -0.15) is 0 Å². The number of likely N-dealkylation sites (tertiary alicyclic amines) is 1. The average molecular weight is 523 g/mol. The molecule has 0 saturated carbocycles. The van der Waals surface area contributed by atoms with E-state index < -0.39 is 29.4 Å². The quantitative estimate of drug-likeness (QED) is 0.246. The molecular formula is C28H38N6O4. The minimum atomic E-state index is -0.670. The highest BCUT2D eigenvalue weighted by atomic mass is 16.6. The molecule has 10 heteroatoms. The molecule has 1 aromatic carbocycles. The third-order valence-electron chi connectivity index (χ3n) is 5.81. The molecule has 204 valence electrons. The summed E-state index contributed by atoms with van der Waals surface area (Å²) in [5.41, 5.74) is 10.4. The van der Waals surface area contributed by atoms with Gasteiger partial charge in [-0.1, -0.05) is 35.4 Å². The normalized spacial score (nSPS) is 17.5. The first-order valence-corrected chi connectivity index (χ1v) is 12.8. The molecule has 2 heterocycles. The summed E-state index contributed by atoms with van der Waals surface area (Å²) in [6.45, 7) is 13.8. The highest BCUT2D eigenvalue weighted by Crippen LogP contribution is 2.28. The Labute approximate surface area is 224 Å². The lowest BCUT2D eigenvalue weighted by Crippen LogP contribution is -2.37. The van der Waals surface area contributed by atoms with Crippen LogP contribution in [0.5, 0.6) is 0 Å². The summed E-state index contributed by atoms with van der Waals surface area (Å²) in [4.78, 5) is 36.8. The molecule has 2 atom stereocenters. The fourth-order valence-electron chi connectivity index (χ4n) is 4.28. The van der Waals surface area contributed by atoms with Crippen molar-refractivity contribution < 1.29 is 19.1 Å². The van der Waals surface area contributed by atoms with Crippen molar-refractivity contribution in [2.75, 3.05) is 18.0 Å². The predicted octanol–water partition coefficient (Wildman–Crippen LogP) is 6.42. The molecule has 1 fully saturated rings. The first-order chi connectivity index (χ1) is 17.7. The Morgan fingerprint density at radius 3 is 2.34 bits per heavy atom. The summed E-state index contributed by atoms with van der Waals surface area (Å²) >= 11 is 0. The van der Waals surface area contributed by atoms with Crippen molar-refractivity contribution in [1.29, 1.82) is 0 Å². The summed E-state index contributed by atoms with van der Waals surface area (Å²) < 4.78 is 11.2. The molecule has 1 aliphatic heterocycles. The van der Waals surface area contributed by atoms with Gasteiger partial charge in [0.1, 0.15) is 17.0 Å². The number of ether oxygens (including phenoxy) is 2. The minimum Gasteiger partial charge on any atom is -0.444 e. The Morgan fingerprint density at radius 2 is 1.74 bits per heavy atom. The zero-order valence-corrected chi connectivity index (χ0v) is 23.3. The summed E-state index contributed by atoms with van der Waals surface area (Å²) in [5.74, 6) is 0.324. The van der Waals surface area contributed by atoms with Gasteiger partial charge in [0.15, 0.2) is 0 Å². The molecule has 1 saturated heterocycles. The first-order valence-electron chi connectivity index (χ1n) is 12.8. The number of rotatable bonds is 6. The second kappa shape index (κ2) is 11.7. The number of benzene rings is 1. The van der Waals surface area contributed by atoms with E-state index in [0.29, 0.717) is 25.3 Å². The summed E-state index contributed by atoms with van der Waals surface area (Å²) in [5, 5.41) is 3.95. The van der Waals surface area contributed by atoms with Crippen molar-refractivity contribution in [1.82, 2.24) is 9.88 Å². The molecule has 0 spiro atoms. The van der Waals surface area contributed by atoms with E-state index in [1.807, 2.05) is 90.9 Å². The van der Waals surface area contributed by atoms with Crippen molar-refractivity contribution in [3.63, 3.8) is 0 Å². The molecule has 3 rings (SSSR count). The van der Waals surface area contributed by atoms with E-state index in [1.165, 1.54) is 4.90 Å². The van der Waals surface area contributed by atoms with Crippen LogP contribution in [-0.4, -0.2) is 52.4 Å². The van der Waals surface area contributed by atoms with Crippen LogP contribution in [0.25, 0.3) is 10.4 Å². The molecule has 38 heavy (non-hydrogen) atoms. The van der Waals surface area contributed by atoms with Gasteiger partial charge in [0, 0.05) is 23.7 Å². The smallest absolute Gasteiger partial charge is 0.416 e. The van der Waals surface area contributed by atoms with Crippen LogP contribution in [-0.2, 0) is 22.4 Å². The molecule has 2 amide bonds. The number of azide groups is 1. The highest BCUT2D eigenvalue weighted by Gasteiger charge is 2.37. The Morgan fingerprint density at radius 1 is 1.08 bits per heavy atom. The topological polar surface area (TPSA) is 121 Å². The van der Waals surface area contributed by atoms with Gasteiger partial charge in [0.05, 0.1) is 12.6 Å². The lowest BCUT2D eigenvalue weighted by atomic mass is 9.97. The van der Waals surface area contributed by atoms with Crippen LogP contribution < -0.4 is 4.90 Å². The number of amides is 2. The maximum Gasteiger partial charge on any atom is 0.416 e. The number of carbonyl (C=O) groups is 2. The van der Waals surface area contributed by atoms with E-state index in [9.17, 15) is 9.59 Å². The van der Waals surface area contributed by atoms with Gasteiger partial charge in [0.25, 0.3) is 0 Å². The highest BCUT2D eigenvalue weighted by molar-refractivity contribution is 5.86. The van der Waals surface area contributed by atoms with Gasteiger partial charge < -0.3 is 14.4 Å². The summed E-state index contributed by atoms with van der Waals surface area (Å²) in [7, 11) is 0. The van der Waals surface area contributed by atoms with Crippen molar-refractivity contribution in [2.45, 2.75) is 78.7 Å². The SMILES string of the molecule is Cc1cc(C[C@@H]2CN(C(=O)OC(C)(C)C)C[C@@H]2N=[N+]=[N-])nc(N(Cc2ccccc2)C(=O)OC(C)(C)C)c1. The lowest BCUT2D eigenvalue weighted by molar-refractivity contribution is 0.0286. The molecule has 0 radical (unpaired) electrons. The van der Waals surface area contributed by atoms with Crippen LogP contribution in [0.4, 0.5) is 15.4 Å². The monoisotopic (exact) mass is 522 g/mol. The summed E-state index contributed by atoms with van der Waals surface area (Å²) in [6.07, 6.45) is -0.463. The Balaban J connectivity index is 1.88. The molecule has 1 aromatic heterocycles. The molecule has 0 aliphatic carbocycles. The van der Waals surface area contributed by atoms with Crippen molar-refractivity contribution in [2.24, 2.45) is 11.0 Å². The van der Waals surface area contributed by atoms with E-state index in [1.54, 1.807) is 4.90 Å². The van der Waals surface area contributed by atoms with Crippen LogP contribution in [0.3, 0.4) is 0 Å². The number of hydrogen-bond acceptors (Lipinski definition) is 6. The average Bonchev–Trinajstić information content (AvgIpc) is 3.18. The van der Waals surface area contributed by atoms with Gasteiger partial charge in [0.2, 0.25) is 0 Å². The third-order valence-corrected chi connectivity index (χ3v) is 5.81. The maximum absolute atomic E-state index is 13.3. The third kappa shape index (κ3) is 8.38. The van der Waals surface area contributed by atoms with Crippen LogP contribution in [0.1, 0.15) is 58.4 Å². The van der Waals surface area contributed by atoms with Gasteiger partial charge in [-0.05, 0) is 89.6 Å². The first kappa shape index (κ1) is 28.8. The Hall–Kier alpha value is -3.78. The molecule has 0 N–H and O–H groups in total. The van der Waals surface area contributed by atoms with E-state index in [2.05, 4.69) is 10.0 Å². The van der Waals surface area contributed by atoms with Gasteiger partial charge in [-0.15, -0.1) is 0 Å². The molecule has 0 unspecified atom stereocenters. The number of nitrogens with zero attached hydrogens (tertiary/aromatic N) is 6. The number of anilines is 1. The molecule has 2 aromatic rings. The largest absolute Gasteiger partial charge is 0.444 e. The van der Waals surface area contributed by atoms with Crippen molar-refractivity contribution >= 4 is 18.0 Å². The molecular weight excluding hydrogens is 484 g/mol. The predicted molar refractivity (Wildman–Crippen MR) is 146 cm³/mol. The molecule has 10 nitrogen and oxygen atoms in total. The molecule has 0 bridgehead atoms. The van der Waals surface area contributed by atoms with Crippen LogP contribution >= 0.6 is 0 Å². The lowest BCUT2D eigenvalue weighted by Gasteiger charge is -2.27. The van der Waals surface area contributed by atoms with Gasteiger partial charge in [-0.3, -0.25) is 4.90 Å². The number of pyridine rings is 1. The van der Waals surface area contributed by atoms with Gasteiger partial charge in [-0.25, -0.2) is 14.6 Å². The number of hydrogen-bond donors (Lipinski definition) is 0. The number of aryl methyl sites for hydroxylation is 1. The number of aromatic nitrogens is 1. The van der Waals surface area contributed by atoms with E-state index in [4.69, 9.17) is 20.0 Å². The van der Waals surface area contributed by atoms with E-state index in [-0.39, 0.29) is 12.5 Å². The zero-order chi connectivity index (χ0) is 28.1. The maximum atomic E-state index is 13.3. The second-order valence-electron chi connectivity index (χ2n) is 11.7. The van der Waals surface area contributed by atoms with Crippen LogP contribution in [0.15, 0.2) is 47.6 Å². The van der Waals surface area contributed by atoms with Crippen molar-refractivity contribution in [3.05, 3.63) is 69.7 Å². The fourth-order valence-corrected chi connectivity index (χ4v) is 4.28. The zero-order valence-electron chi connectivity index (χ0n) is 23.3. The van der Waals surface area contributed by atoms with Gasteiger partial charge >= 0.3 is 12.2 Å². The van der Waals surface area contributed by atoms with E-state index in [0.717, 1.165) is 16.8 Å². The number of carbonyl (C=O) groups excluding carboxylic acids is 2. The second-order valence-corrected chi connectivity index (χ2v) is 11.7. The minimum absolute atomic E-state index is 0.148. The van der Waals surface area contributed by atoms with Crippen LogP contribution in [0, 0.1) is 12.8 Å². The van der Waals surface area contributed by atoms with E-state index >= 15 is 0 Å². The fraction of sp³-hybridized carbons (Fsp3) is 0.536. The summed E-state index contributed by atoms with van der Waals surface area (Å²) in [6, 6.07) is 13.0. The Bertz CT molecular complexity index is 1180. The van der Waals surface area contributed by atoms with Crippen molar-refractivity contribution in [3.8, 4) is 0 Å².